The molecular formula is C12H13N7. The van der Waals surface area contributed by atoms with E-state index >= 15 is 0 Å². The van der Waals surface area contributed by atoms with Gasteiger partial charge in [-0.1, -0.05) is 0 Å². The second-order valence-electron chi connectivity index (χ2n) is 4.13. The highest BCUT2D eigenvalue weighted by atomic mass is 15.3. The number of anilines is 2. The van der Waals surface area contributed by atoms with Gasteiger partial charge in [-0.3, -0.25) is 0 Å². The van der Waals surface area contributed by atoms with E-state index in [0.29, 0.717) is 5.69 Å². The van der Waals surface area contributed by atoms with Crippen LogP contribution in [-0.4, -0.2) is 31.6 Å². The van der Waals surface area contributed by atoms with Crippen LogP contribution in [0.25, 0.3) is 16.9 Å². The molecule has 0 spiro atoms. The highest BCUT2D eigenvalue weighted by molar-refractivity contribution is 5.72. The van der Waals surface area contributed by atoms with E-state index in [1.54, 1.807) is 23.1 Å². The minimum atomic E-state index is 0.239. The number of aryl methyl sites for hydroxylation is 1. The molecule has 3 rings (SSSR count). The van der Waals surface area contributed by atoms with Crippen molar-refractivity contribution in [1.29, 1.82) is 0 Å². The number of hydrogen-bond donors (Lipinski definition) is 2. The van der Waals surface area contributed by atoms with E-state index in [1.165, 1.54) is 0 Å². The van der Waals surface area contributed by atoms with Crippen molar-refractivity contribution in [2.24, 2.45) is 0 Å². The van der Waals surface area contributed by atoms with Crippen LogP contribution in [0, 0.1) is 6.92 Å². The zero-order chi connectivity index (χ0) is 13.4. The Morgan fingerprint density at radius 3 is 2.89 bits per heavy atom. The zero-order valence-corrected chi connectivity index (χ0v) is 10.6. The van der Waals surface area contributed by atoms with Crippen LogP contribution in [0.15, 0.2) is 24.7 Å². The van der Waals surface area contributed by atoms with Crippen molar-refractivity contribution in [2.45, 2.75) is 6.92 Å². The molecule has 0 aliphatic heterocycles. The monoisotopic (exact) mass is 255 g/mol. The summed E-state index contributed by atoms with van der Waals surface area (Å²) in [5.74, 6) is 1.03. The summed E-state index contributed by atoms with van der Waals surface area (Å²) in [5.41, 5.74) is 9.10. The molecule has 3 aromatic rings. The molecule has 0 aromatic carbocycles. The standard InChI is InChI=1S/C12H13N7/c1-7-9-5-10(14-2)16-6-19(9)18-11(7)8-3-4-15-12(13)17-8/h3-6,14H,1-2H3,(H2,13,15,17). The first kappa shape index (κ1) is 11.4. The Labute approximate surface area is 109 Å². The fourth-order valence-electron chi connectivity index (χ4n) is 1.96. The largest absolute Gasteiger partial charge is 0.373 e. The van der Waals surface area contributed by atoms with Crippen molar-refractivity contribution in [3.05, 3.63) is 30.2 Å². The van der Waals surface area contributed by atoms with Gasteiger partial charge in [-0.05, 0) is 13.0 Å². The molecule has 0 aliphatic rings. The first-order chi connectivity index (χ1) is 9.19. The Kier molecular flexibility index (Phi) is 2.52. The lowest BCUT2D eigenvalue weighted by atomic mass is 10.2. The second-order valence-corrected chi connectivity index (χ2v) is 4.13. The van der Waals surface area contributed by atoms with Gasteiger partial charge >= 0.3 is 0 Å². The number of nitrogens with one attached hydrogen (secondary N) is 1. The van der Waals surface area contributed by atoms with E-state index < -0.39 is 0 Å². The van der Waals surface area contributed by atoms with E-state index in [2.05, 4.69) is 25.4 Å². The second kappa shape index (κ2) is 4.20. The average molecular weight is 255 g/mol. The molecule has 3 heterocycles. The smallest absolute Gasteiger partial charge is 0.220 e. The molecular weight excluding hydrogens is 242 g/mol. The molecule has 3 N–H and O–H groups in total. The van der Waals surface area contributed by atoms with Crippen molar-refractivity contribution >= 4 is 17.3 Å². The fraction of sp³-hybridized carbons (Fsp3) is 0.167. The lowest BCUT2D eigenvalue weighted by Gasteiger charge is -1.99. The van der Waals surface area contributed by atoms with Gasteiger partial charge in [0.2, 0.25) is 5.95 Å². The first-order valence-electron chi connectivity index (χ1n) is 5.80. The number of rotatable bonds is 2. The van der Waals surface area contributed by atoms with Crippen LogP contribution in [0.3, 0.4) is 0 Å². The van der Waals surface area contributed by atoms with Crippen molar-refractivity contribution in [3.63, 3.8) is 0 Å². The number of nitrogens with two attached hydrogens (primary N) is 1. The third-order valence-corrected chi connectivity index (χ3v) is 2.95. The molecule has 0 amide bonds. The number of nitrogens with zero attached hydrogens (tertiary/aromatic N) is 5. The lowest BCUT2D eigenvalue weighted by Crippen LogP contribution is -1.96. The maximum Gasteiger partial charge on any atom is 0.220 e. The third-order valence-electron chi connectivity index (χ3n) is 2.95. The summed E-state index contributed by atoms with van der Waals surface area (Å²) in [4.78, 5) is 12.3. The molecule has 0 radical (unpaired) electrons. The third kappa shape index (κ3) is 1.85. The van der Waals surface area contributed by atoms with Gasteiger partial charge in [0, 0.05) is 24.9 Å². The molecule has 19 heavy (non-hydrogen) atoms. The summed E-state index contributed by atoms with van der Waals surface area (Å²) >= 11 is 0. The van der Waals surface area contributed by atoms with E-state index in [1.807, 2.05) is 20.0 Å². The van der Waals surface area contributed by atoms with E-state index in [0.717, 1.165) is 22.6 Å². The molecule has 0 fully saturated rings. The van der Waals surface area contributed by atoms with Gasteiger partial charge < -0.3 is 11.1 Å². The number of nitrogen functional groups attached to an aromatic ring is 1. The predicted molar refractivity (Wildman–Crippen MR) is 72.7 cm³/mol. The van der Waals surface area contributed by atoms with Crippen molar-refractivity contribution in [1.82, 2.24) is 24.6 Å². The average Bonchev–Trinajstić information content (AvgIpc) is 2.76. The van der Waals surface area contributed by atoms with Gasteiger partial charge in [0.15, 0.2) is 0 Å². The van der Waals surface area contributed by atoms with E-state index in [-0.39, 0.29) is 5.95 Å². The van der Waals surface area contributed by atoms with Gasteiger partial charge in [-0.25, -0.2) is 19.5 Å². The normalized spacial score (nSPS) is 10.8. The van der Waals surface area contributed by atoms with Gasteiger partial charge in [-0.2, -0.15) is 5.10 Å². The molecule has 7 heteroatoms. The maximum atomic E-state index is 5.61. The van der Waals surface area contributed by atoms with Gasteiger partial charge in [0.1, 0.15) is 17.8 Å². The SMILES string of the molecule is CNc1cc2c(C)c(-c3ccnc(N)n3)nn2cn1. The Hall–Kier alpha value is -2.70. The van der Waals surface area contributed by atoms with Crippen LogP contribution in [0.4, 0.5) is 11.8 Å². The molecule has 0 bridgehead atoms. The first-order valence-corrected chi connectivity index (χ1v) is 5.80. The zero-order valence-electron chi connectivity index (χ0n) is 10.6. The van der Waals surface area contributed by atoms with Crippen LogP contribution >= 0.6 is 0 Å². The summed E-state index contributed by atoms with van der Waals surface area (Å²) in [5, 5.41) is 7.49. The van der Waals surface area contributed by atoms with Crippen LogP contribution in [0.1, 0.15) is 5.56 Å². The predicted octanol–water partition coefficient (Wildman–Crippen LogP) is 1.12. The van der Waals surface area contributed by atoms with Crippen molar-refractivity contribution in [2.75, 3.05) is 18.1 Å². The summed E-state index contributed by atoms with van der Waals surface area (Å²) in [6.07, 6.45) is 3.29. The minimum Gasteiger partial charge on any atom is -0.373 e. The molecule has 96 valence electrons. The fourth-order valence-corrected chi connectivity index (χ4v) is 1.96. The molecule has 0 atom stereocenters. The van der Waals surface area contributed by atoms with E-state index in [9.17, 15) is 0 Å². The molecule has 0 saturated carbocycles. The molecule has 7 nitrogen and oxygen atoms in total. The summed E-state index contributed by atoms with van der Waals surface area (Å²) < 4.78 is 1.73. The van der Waals surface area contributed by atoms with Gasteiger partial charge in [0.25, 0.3) is 0 Å². The summed E-state index contributed by atoms with van der Waals surface area (Å²) in [6.45, 7) is 2.00. The molecule has 0 unspecified atom stereocenters. The molecule has 3 aromatic heterocycles. The minimum absolute atomic E-state index is 0.239. The topological polar surface area (TPSA) is 94.0 Å². The highest BCUT2D eigenvalue weighted by Crippen LogP contribution is 2.24. The summed E-state index contributed by atoms with van der Waals surface area (Å²) in [7, 11) is 1.83. The Morgan fingerprint density at radius 2 is 2.16 bits per heavy atom. The van der Waals surface area contributed by atoms with E-state index in [4.69, 9.17) is 5.73 Å². The Bertz CT molecular complexity index is 747. The maximum absolute atomic E-state index is 5.61. The van der Waals surface area contributed by atoms with Crippen LogP contribution in [0.5, 0.6) is 0 Å². The molecule has 0 aliphatic carbocycles. The Balaban J connectivity index is 2.22. The number of aromatic nitrogens is 5. The van der Waals surface area contributed by atoms with Crippen molar-refractivity contribution < 1.29 is 0 Å². The highest BCUT2D eigenvalue weighted by Gasteiger charge is 2.13. The van der Waals surface area contributed by atoms with Crippen LogP contribution in [-0.2, 0) is 0 Å². The number of hydrogen-bond acceptors (Lipinski definition) is 6. The Morgan fingerprint density at radius 1 is 1.32 bits per heavy atom. The lowest BCUT2D eigenvalue weighted by molar-refractivity contribution is 0.923. The van der Waals surface area contributed by atoms with Crippen LogP contribution < -0.4 is 11.1 Å². The van der Waals surface area contributed by atoms with Crippen molar-refractivity contribution in [3.8, 4) is 11.4 Å². The summed E-state index contributed by atoms with van der Waals surface area (Å²) in [6, 6.07) is 3.73. The number of fused-ring (bicyclic) bond motifs is 1. The quantitative estimate of drug-likeness (QED) is 0.712. The van der Waals surface area contributed by atoms with Crippen LogP contribution in [0.2, 0.25) is 0 Å². The van der Waals surface area contributed by atoms with Gasteiger partial charge in [-0.15, -0.1) is 0 Å². The van der Waals surface area contributed by atoms with Gasteiger partial charge in [0.05, 0.1) is 11.2 Å². The molecule has 0 saturated heterocycles.